The first-order chi connectivity index (χ1) is 7.59. The highest BCUT2D eigenvalue weighted by molar-refractivity contribution is 7.89. The zero-order valence-corrected chi connectivity index (χ0v) is 9.99. The molecule has 0 aliphatic rings. The summed E-state index contributed by atoms with van der Waals surface area (Å²) in [7, 11) is -8.87. The Labute approximate surface area is 97.0 Å². The first-order valence-corrected chi connectivity index (χ1v) is 6.82. The summed E-state index contributed by atoms with van der Waals surface area (Å²) in [4.78, 5) is -2.47. The smallest absolute Gasteiger partial charge is 0.299 e. The third-order valence-corrected chi connectivity index (χ3v) is 3.77. The molecule has 10 heteroatoms. The minimum absolute atomic E-state index is 0.370. The third kappa shape index (κ3) is 2.66. The van der Waals surface area contributed by atoms with Gasteiger partial charge in [0.2, 0.25) is 0 Å². The van der Waals surface area contributed by atoms with E-state index in [4.69, 9.17) is 9.11 Å². The molecule has 1 aromatic rings. The van der Waals surface area contributed by atoms with Gasteiger partial charge in [0, 0.05) is 0 Å². The maximum absolute atomic E-state index is 11.0. The largest absolute Gasteiger partial charge is 0.503 e. The van der Waals surface area contributed by atoms with Gasteiger partial charge >= 0.3 is 0 Å². The van der Waals surface area contributed by atoms with Crippen molar-refractivity contribution in [3.8, 4) is 11.5 Å². The molecule has 0 aliphatic carbocycles. The molecule has 0 heterocycles. The van der Waals surface area contributed by atoms with Gasteiger partial charge < -0.3 is 9.84 Å². The highest BCUT2D eigenvalue weighted by Crippen LogP contribution is 2.37. The van der Waals surface area contributed by atoms with Gasteiger partial charge in [-0.2, -0.15) is 16.8 Å². The summed E-state index contributed by atoms with van der Waals surface area (Å²) in [5, 5.41) is 9.43. The van der Waals surface area contributed by atoms with E-state index in [9.17, 15) is 21.9 Å². The zero-order valence-electron chi connectivity index (χ0n) is 8.35. The summed E-state index contributed by atoms with van der Waals surface area (Å²) in [6.45, 7) is 0. The standard InChI is InChI=1S/C7H8O8S2/c1-15-4-2-3-5(16(9,10)11)7(6(4)8)17(12,13)14/h2-3,8H,1H3,(H,9,10,11)(H,12,13,14). The molecule has 0 saturated heterocycles. The Morgan fingerprint density at radius 2 is 1.59 bits per heavy atom. The van der Waals surface area contributed by atoms with Gasteiger partial charge in [0.25, 0.3) is 20.2 Å². The molecule has 1 aromatic carbocycles. The van der Waals surface area contributed by atoms with Crippen molar-refractivity contribution < 1.29 is 35.8 Å². The van der Waals surface area contributed by atoms with Crippen LogP contribution in [0, 0.1) is 0 Å². The highest BCUT2D eigenvalue weighted by atomic mass is 32.2. The molecular formula is C7H8O8S2. The minimum atomic E-state index is -5.05. The predicted molar refractivity (Wildman–Crippen MR) is 54.3 cm³/mol. The third-order valence-electron chi connectivity index (χ3n) is 1.81. The van der Waals surface area contributed by atoms with E-state index in [1.165, 1.54) is 0 Å². The Bertz CT molecular complexity index is 643. The van der Waals surface area contributed by atoms with Crippen molar-refractivity contribution in [2.45, 2.75) is 9.79 Å². The van der Waals surface area contributed by atoms with Gasteiger partial charge in [-0.15, -0.1) is 0 Å². The van der Waals surface area contributed by atoms with Crippen LogP contribution >= 0.6 is 0 Å². The predicted octanol–water partition coefficient (Wildman–Crippen LogP) is -0.106. The Morgan fingerprint density at radius 1 is 1.06 bits per heavy atom. The number of rotatable bonds is 3. The number of hydrogen-bond acceptors (Lipinski definition) is 6. The maximum Gasteiger partial charge on any atom is 0.299 e. The summed E-state index contributed by atoms with van der Waals surface area (Å²) in [6.07, 6.45) is 0. The van der Waals surface area contributed by atoms with Crippen LogP contribution < -0.4 is 4.74 Å². The maximum atomic E-state index is 11.0. The van der Waals surface area contributed by atoms with Crippen molar-refractivity contribution in [3.05, 3.63) is 12.1 Å². The first kappa shape index (κ1) is 13.7. The fourth-order valence-electron chi connectivity index (χ4n) is 1.15. The van der Waals surface area contributed by atoms with Gasteiger partial charge in [-0.25, -0.2) is 0 Å². The molecule has 0 aliphatic heterocycles. The number of aromatic hydroxyl groups is 1. The summed E-state index contributed by atoms with van der Waals surface area (Å²) in [5.74, 6) is -1.48. The number of phenolic OH excluding ortho intramolecular Hbond substituents is 1. The molecule has 8 nitrogen and oxygen atoms in total. The van der Waals surface area contributed by atoms with Crippen molar-refractivity contribution in [1.29, 1.82) is 0 Å². The second-order valence-corrected chi connectivity index (χ2v) is 5.64. The van der Waals surface area contributed by atoms with Gasteiger partial charge in [-0.3, -0.25) is 9.11 Å². The SMILES string of the molecule is COc1ccc(S(=O)(=O)O)c(S(=O)(=O)O)c1O. The lowest BCUT2D eigenvalue weighted by Gasteiger charge is -2.09. The zero-order chi connectivity index (χ0) is 13.4. The second-order valence-electron chi connectivity index (χ2n) is 2.89. The summed E-state index contributed by atoms with van der Waals surface area (Å²) < 4.78 is 65.8. The second kappa shape index (κ2) is 4.14. The van der Waals surface area contributed by atoms with E-state index in [2.05, 4.69) is 4.74 Å². The van der Waals surface area contributed by atoms with E-state index in [1.807, 2.05) is 0 Å². The van der Waals surface area contributed by atoms with E-state index in [-0.39, 0.29) is 5.75 Å². The van der Waals surface area contributed by atoms with Gasteiger partial charge in [0.15, 0.2) is 16.4 Å². The lowest BCUT2D eigenvalue weighted by Crippen LogP contribution is -2.09. The van der Waals surface area contributed by atoms with Crippen molar-refractivity contribution >= 4 is 20.2 Å². The van der Waals surface area contributed by atoms with Gasteiger partial charge in [-0.05, 0) is 12.1 Å². The van der Waals surface area contributed by atoms with E-state index in [0.29, 0.717) is 6.07 Å². The summed E-state index contributed by atoms with van der Waals surface area (Å²) in [5.41, 5.74) is 0. The van der Waals surface area contributed by atoms with Crippen LogP contribution in [0.3, 0.4) is 0 Å². The molecule has 0 spiro atoms. The highest BCUT2D eigenvalue weighted by Gasteiger charge is 2.29. The van der Waals surface area contributed by atoms with Crippen LogP contribution in [0.25, 0.3) is 0 Å². The molecule has 0 radical (unpaired) electrons. The average molecular weight is 284 g/mol. The molecule has 0 aromatic heterocycles. The fraction of sp³-hybridized carbons (Fsp3) is 0.143. The van der Waals surface area contributed by atoms with Crippen molar-refractivity contribution in [3.63, 3.8) is 0 Å². The molecule has 17 heavy (non-hydrogen) atoms. The molecule has 0 bridgehead atoms. The Balaban J connectivity index is 3.85. The molecule has 0 saturated carbocycles. The number of phenols is 1. The molecule has 0 fully saturated rings. The van der Waals surface area contributed by atoms with Crippen LogP contribution in [0.1, 0.15) is 0 Å². The number of hydrogen-bond donors (Lipinski definition) is 3. The Morgan fingerprint density at radius 3 is 1.94 bits per heavy atom. The monoisotopic (exact) mass is 284 g/mol. The van der Waals surface area contributed by atoms with E-state index < -0.39 is 35.8 Å². The molecule has 96 valence electrons. The molecule has 0 atom stereocenters. The van der Waals surface area contributed by atoms with E-state index in [1.54, 1.807) is 0 Å². The van der Waals surface area contributed by atoms with Gasteiger partial charge in [-0.1, -0.05) is 0 Å². The van der Waals surface area contributed by atoms with Gasteiger partial charge in [0.1, 0.15) is 4.90 Å². The molecule has 0 unspecified atom stereocenters. The Kier molecular flexibility index (Phi) is 3.34. The molecule has 1 rings (SSSR count). The first-order valence-electron chi connectivity index (χ1n) is 3.94. The van der Waals surface area contributed by atoms with E-state index in [0.717, 1.165) is 13.2 Å². The van der Waals surface area contributed by atoms with Gasteiger partial charge in [0.05, 0.1) is 7.11 Å². The van der Waals surface area contributed by atoms with Crippen LogP contribution in [-0.4, -0.2) is 38.2 Å². The normalized spacial score (nSPS) is 12.4. The lowest BCUT2D eigenvalue weighted by atomic mass is 10.3. The van der Waals surface area contributed by atoms with Crippen molar-refractivity contribution in [2.24, 2.45) is 0 Å². The molecular weight excluding hydrogens is 276 g/mol. The Hall–Kier alpha value is -1.36. The molecule has 0 amide bonds. The van der Waals surface area contributed by atoms with Crippen LogP contribution in [0.5, 0.6) is 11.5 Å². The number of benzene rings is 1. The molecule has 3 N–H and O–H groups in total. The van der Waals surface area contributed by atoms with Crippen LogP contribution in [-0.2, 0) is 20.2 Å². The summed E-state index contributed by atoms with van der Waals surface area (Å²) in [6, 6.07) is 1.60. The van der Waals surface area contributed by atoms with E-state index >= 15 is 0 Å². The number of ether oxygens (including phenoxy) is 1. The van der Waals surface area contributed by atoms with Crippen LogP contribution in [0.15, 0.2) is 21.9 Å². The lowest BCUT2D eigenvalue weighted by molar-refractivity contribution is 0.360. The minimum Gasteiger partial charge on any atom is -0.503 e. The fourth-order valence-corrected chi connectivity index (χ4v) is 3.02. The van der Waals surface area contributed by atoms with Crippen LogP contribution in [0.2, 0.25) is 0 Å². The quantitative estimate of drug-likeness (QED) is 0.654. The van der Waals surface area contributed by atoms with Crippen molar-refractivity contribution in [2.75, 3.05) is 7.11 Å². The summed E-state index contributed by atoms with van der Waals surface area (Å²) >= 11 is 0. The number of methoxy groups -OCH3 is 1. The average Bonchev–Trinajstić information content (AvgIpc) is 2.13. The van der Waals surface area contributed by atoms with Crippen molar-refractivity contribution in [1.82, 2.24) is 0 Å². The van der Waals surface area contributed by atoms with Crippen LogP contribution in [0.4, 0.5) is 0 Å². The topological polar surface area (TPSA) is 138 Å².